The third kappa shape index (κ3) is 3.90. The zero-order valence-electron chi connectivity index (χ0n) is 11.2. The van der Waals surface area contributed by atoms with Crippen molar-refractivity contribution in [1.29, 1.82) is 0 Å². The summed E-state index contributed by atoms with van der Waals surface area (Å²) in [6.45, 7) is 3.97. The van der Waals surface area contributed by atoms with Crippen molar-refractivity contribution in [3.05, 3.63) is 58.6 Å². The van der Waals surface area contributed by atoms with E-state index in [1.165, 1.54) is 0 Å². The van der Waals surface area contributed by atoms with E-state index < -0.39 is 6.09 Å². The number of nitrogens with one attached hydrogen (secondary N) is 2. The number of hydrogen-bond acceptors (Lipinski definition) is 3. The highest BCUT2D eigenvalue weighted by atomic mass is 35.5. The Morgan fingerprint density at radius 1 is 1.10 bits per heavy atom. The molecule has 2 N–H and O–H groups in total. The van der Waals surface area contributed by atoms with Crippen LogP contribution < -0.4 is 15.6 Å². The summed E-state index contributed by atoms with van der Waals surface area (Å²) in [4.78, 5) is 11.6. The van der Waals surface area contributed by atoms with E-state index in [4.69, 9.17) is 16.3 Å². The van der Waals surface area contributed by atoms with Crippen molar-refractivity contribution in [1.82, 2.24) is 5.43 Å². The Morgan fingerprint density at radius 3 is 2.45 bits per heavy atom. The van der Waals surface area contributed by atoms with E-state index in [9.17, 15) is 4.79 Å². The summed E-state index contributed by atoms with van der Waals surface area (Å²) in [7, 11) is 0. The molecule has 2 aromatic carbocycles. The molecule has 0 aliphatic rings. The van der Waals surface area contributed by atoms with Gasteiger partial charge in [-0.25, -0.2) is 10.2 Å². The maximum atomic E-state index is 11.6. The topological polar surface area (TPSA) is 50.4 Å². The lowest BCUT2D eigenvalue weighted by Gasteiger charge is -2.11. The first-order valence-corrected chi connectivity index (χ1v) is 6.49. The van der Waals surface area contributed by atoms with E-state index in [0.29, 0.717) is 10.8 Å². The van der Waals surface area contributed by atoms with Crippen LogP contribution in [0.1, 0.15) is 11.1 Å². The number of hydrazine groups is 1. The quantitative estimate of drug-likeness (QED) is 0.838. The van der Waals surface area contributed by atoms with Gasteiger partial charge in [-0.05, 0) is 49.7 Å². The molecular formula is C15H15ClN2O2. The van der Waals surface area contributed by atoms with Crippen LogP contribution in [0.25, 0.3) is 0 Å². The van der Waals surface area contributed by atoms with Gasteiger partial charge in [-0.1, -0.05) is 29.3 Å². The van der Waals surface area contributed by atoms with Crippen LogP contribution in [0.5, 0.6) is 5.75 Å². The maximum absolute atomic E-state index is 11.6. The van der Waals surface area contributed by atoms with E-state index in [1.807, 2.05) is 32.0 Å². The molecule has 2 rings (SSSR count). The fraction of sp³-hybridized carbons (Fsp3) is 0.133. The molecule has 0 saturated heterocycles. The molecule has 0 heterocycles. The van der Waals surface area contributed by atoms with Crippen LogP contribution in [0.3, 0.4) is 0 Å². The number of aryl methyl sites for hydroxylation is 2. The van der Waals surface area contributed by atoms with Crippen molar-refractivity contribution in [2.75, 3.05) is 5.43 Å². The molecule has 1 amide bonds. The number of amides is 1. The van der Waals surface area contributed by atoms with Crippen molar-refractivity contribution in [2.45, 2.75) is 13.8 Å². The summed E-state index contributed by atoms with van der Waals surface area (Å²) in [6.07, 6.45) is -0.590. The van der Waals surface area contributed by atoms with Crippen LogP contribution in [-0.2, 0) is 0 Å². The SMILES string of the molecule is Cc1ccc(NNC(=O)Oc2ccc(Cl)cc2)c(C)c1. The van der Waals surface area contributed by atoms with Gasteiger partial charge in [0.25, 0.3) is 0 Å². The lowest BCUT2D eigenvalue weighted by molar-refractivity contribution is 0.203. The molecule has 0 aliphatic heterocycles. The summed E-state index contributed by atoms with van der Waals surface area (Å²) in [5, 5.41) is 0.589. The predicted molar refractivity (Wildman–Crippen MR) is 80.2 cm³/mol. The molecule has 0 aromatic heterocycles. The second-order valence-corrected chi connectivity index (χ2v) is 4.85. The summed E-state index contributed by atoms with van der Waals surface area (Å²) in [6, 6.07) is 12.4. The standard InChI is InChI=1S/C15H15ClN2O2/c1-10-3-8-14(11(2)9-10)17-18-15(19)20-13-6-4-12(16)5-7-13/h3-9,17H,1-2H3,(H,18,19). The fourth-order valence-electron chi connectivity index (χ4n) is 1.71. The molecule has 2 aromatic rings. The van der Waals surface area contributed by atoms with Gasteiger partial charge in [0.1, 0.15) is 5.75 Å². The fourth-order valence-corrected chi connectivity index (χ4v) is 1.83. The third-order valence-corrected chi connectivity index (χ3v) is 2.96. The Kier molecular flexibility index (Phi) is 4.48. The minimum absolute atomic E-state index is 0.425. The van der Waals surface area contributed by atoms with Gasteiger partial charge in [0.2, 0.25) is 0 Å². The number of rotatable bonds is 3. The Bertz CT molecular complexity index is 612. The minimum Gasteiger partial charge on any atom is -0.409 e. The van der Waals surface area contributed by atoms with Gasteiger partial charge in [-0.15, -0.1) is 0 Å². The first-order chi connectivity index (χ1) is 9.54. The molecule has 0 saturated carbocycles. The van der Waals surface area contributed by atoms with Gasteiger partial charge in [-0.3, -0.25) is 5.43 Å². The van der Waals surface area contributed by atoms with Crippen molar-refractivity contribution in [3.8, 4) is 5.75 Å². The third-order valence-electron chi connectivity index (χ3n) is 2.71. The van der Waals surface area contributed by atoms with Crippen molar-refractivity contribution in [3.63, 3.8) is 0 Å². The number of carbonyl (C=O) groups is 1. The van der Waals surface area contributed by atoms with Crippen LogP contribution in [0, 0.1) is 13.8 Å². The zero-order valence-corrected chi connectivity index (χ0v) is 12.0. The Hall–Kier alpha value is -2.20. The van der Waals surface area contributed by atoms with Crippen LogP contribution in [0.4, 0.5) is 10.5 Å². The summed E-state index contributed by atoms with van der Waals surface area (Å²) in [5.74, 6) is 0.425. The molecule has 0 aliphatic carbocycles. The largest absolute Gasteiger partial charge is 0.431 e. The Morgan fingerprint density at radius 2 is 1.80 bits per heavy atom. The van der Waals surface area contributed by atoms with Crippen LogP contribution in [0.2, 0.25) is 5.02 Å². The normalized spacial score (nSPS) is 9.95. The predicted octanol–water partition coefficient (Wildman–Crippen LogP) is 4.07. The zero-order chi connectivity index (χ0) is 14.5. The van der Waals surface area contributed by atoms with Gasteiger partial charge < -0.3 is 4.74 Å². The van der Waals surface area contributed by atoms with Gasteiger partial charge in [-0.2, -0.15) is 0 Å². The Balaban J connectivity index is 1.90. The number of benzene rings is 2. The van der Waals surface area contributed by atoms with Crippen LogP contribution >= 0.6 is 11.6 Å². The second kappa shape index (κ2) is 6.30. The molecule has 5 heteroatoms. The van der Waals surface area contributed by atoms with E-state index in [1.54, 1.807) is 24.3 Å². The van der Waals surface area contributed by atoms with E-state index in [0.717, 1.165) is 16.8 Å². The number of anilines is 1. The first-order valence-electron chi connectivity index (χ1n) is 6.11. The summed E-state index contributed by atoms with van der Waals surface area (Å²) >= 11 is 5.75. The lowest BCUT2D eigenvalue weighted by atomic mass is 10.1. The molecule has 0 spiro atoms. The first kappa shape index (κ1) is 14.2. The molecule has 0 radical (unpaired) electrons. The monoisotopic (exact) mass is 290 g/mol. The van der Waals surface area contributed by atoms with E-state index in [-0.39, 0.29) is 0 Å². The van der Waals surface area contributed by atoms with Crippen LogP contribution in [-0.4, -0.2) is 6.09 Å². The lowest BCUT2D eigenvalue weighted by Crippen LogP contribution is -2.32. The molecule has 0 fully saturated rings. The molecule has 4 nitrogen and oxygen atoms in total. The highest BCUT2D eigenvalue weighted by molar-refractivity contribution is 6.30. The van der Waals surface area contributed by atoms with Gasteiger partial charge >= 0.3 is 6.09 Å². The smallest absolute Gasteiger partial charge is 0.409 e. The molecule has 0 bridgehead atoms. The average Bonchev–Trinajstić information content (AvgIpc) is 2.40. The number of carbonyl (C=O) groups excluding carboxylic acids is 1. The van der Waals surface area contributed by atoms with E-state index >= 15 is 0 Å². The number of hydrogen-bond donors (Lipinski definition) is 2. The van der Waals surface area contributed by atoms with Crippen LogP contribution in [0.15, 0.2) is 42.5 Å². The average molecular weight is 291 g/mol. The molecule has 104 valence electrons. The van der Waals surface area contributed by atoms with Gasteiger partial charge in [0.05, 0.1) is 5.69 Å². The molecule has 0 atom stereocenters. The van der Waals surface area contributed by atoms with Gasteiger partial charge in [0.15, 0.2) is 0 Å². The van der Waals surface area contributed by atoms with Crippen molar-refractivity contribution >= 4 is 23.4 Å². The molecule has 20 heavy (non-hydrogen) atoms. The highest BCUT2D eigenvalue weighted by Crippen LogP contribution is 2.16. The summed E-state index contributed by atoms with van der Waals surface area (Å²) in [5.41, 5.74) is 8.32. The Labute approximate surface area is 122 Å². The second-order valence-electron chi connectivity index (χ2n) is 4.41. The van der Waals surface area contributed by atoms with Crippen molar-refractivity contribution in [2.24, 2.45) is 0 Å². The minimum atomic E-state index is -0.590. The maximum Gasteiger partial charge on any atom is 0.431 e. The highest BCUT2D eigenvalue weighted by Gasteiger charge is 2.04. The number of ether oxygens (including phenoxy) is 1. The molecular weight excluding hydrogens is 276 g/mol. The summed E-state index contributed by atoms with van der Waals surface area (Å²) < 4.78 is 5.08. The van der Waals surface area contributed by atoms with Gasteiger partial charge in [0, 0.05) is 5.02 Å². The number of halogens is 1. The molecule has 0 unspecified atom stereocenters. The van der Waals surface area contributed by atoms with Crippen molar-refractivity contribution < 1.29 is 9.53 Å². The van der Waals surface area contributed by atoms with E-state index in [2.05, 4.69) is 10.9 Å².